The van der Waals surface area contributed by atoms with Gasteiger partial charge in [-0.3, -0.25) is 0 Å². The lowest BCUT2D eigenvalue weighted by Crippen LogP contribution is -2.47. The molecule has 3 heteroatoms. The number of benzene rings is 2. The van der Waals surface area contributed by atoms with Crippen molar-refractivity contribution in [2.24, 2.45) is 0 Å². The van der Waals surface area contributed by atoms with Crippen molar-refractivity contribution in [3.63, 3.8) is 0 Å². The standard InChI is InChI=1S/C18H20N2O/c1-2-21-17-9-5-8-16-18(17)19-11-15-10-13-6-3-4-7-14(13)12-20(15)16/h3-9,15,19H,2,10-12H2,1H3. The van der Waals surface area contributed by atoms with Gasteiger partial charge in [0.25, 0.3) is 0 Å². The van der Waals surface area contributed by atoms with Gasteiger partial charge in [-0.2, -0.15) is 0 Å². The van der Waals surface area contributed by atoms with Gasteiger partial charge in [0.15, 0.2) is 0 Å². The molecular weight excluding hydrogens is 260 g/mol. The van der Waals surface area contributed by atoms with Crippen molar-refractivity contribution in [1.82, 2.24) is 0 Å². The van der Waals surface area contributed by atoms with Gasteiger partial charge < -0.3 is 15.0 Å². The summed E-state index contributed by atoms with van der Waals surface area (Å²) in [5.41, 5.74) is 5.36. The van der Waals surface area contributed by atoms with Crippen LogP contribution in [0.2, 0.25) is 0 Å². The van der Waals surface area contributed by atoms with Crippen LogP contribution in [0.1, 0.15) is 18.1 Å². The second-order valence-electron chi connectivity index (χ2n) is 5.72. The zero-order chi connectivity index (χ0) is 14.2. The van der Waals surface area contributed by atoms with E-state index in [9.17, 15) is 0 Å². The zero-order valence-electron chi connectivity index (χ0n) is 12.3. The van der Waals surface area contributed by atoms with Gasteiger partial charge in [-0.15, -0.1) is 0 Å². The van der Waals surface area contributed by atoms with Crippen LogP contribution in [0.25, 0.3) is 0 Å². The molecule has 0 saturated heterocycles. The van der Waals surface area contributed by atoms with E-state index in [1.807, 2.05) is 13.0 Å². The molecule has 2 aromatic carbocycles. The van der Waals surface area contributed by atoms with E-state index in [4.69, 9.17) is 4.74 Å². The topological polar surface area (TPSA) is 24.5 Å². The molecule has 1 unspecified atom stereocenters. The van der Waals surface area contributed by atoms with Gasteiger partial charge in [0, 0.05) is 13.1 Å². The molecule has 4 rings (SSSR count). The maximum Gasteiger partial charge on any atom is 0.144 e. The normalized spacial score (nSPS) is 19.1. The Morgan fingerprint density at radius 3 is 2.86 bits per heavy atom. The van der Waals surface area contributed by atoms with Crippen LogP contribution in [0.15, 0.2) is 42.5 Å². The van der Waals surface area contributed by atoms with E-state index in [2.05, 4.69) is 46.6 Å². The summed E-state index contributed by atoms with van der Waals surface area (Å²) in [7, 11) is 0. The Morgan fingerprint density at radius 2 is 2.00 bits per heavy atom. The Bertz CT molecular complexity index is 668. The third kappa shape index (κ3) is 2.04. The fraction of sp³-hybridized carbons (Fsp3) is 0.333. The fourth-order valence-corrected chi connectivity index (χ4v) is 3.48. The van der Waals surface area contributed by atoms with E-state index in [1.165, 1.54) is 16.8 Å². The number of rotatable bonds is 2. The molecule has 21 heavy (non-hydrogen) atoms. The number of ether oxygens (including phenoxy) is 1. The van der Waals surface area contributed by atoms with Crippen LogP contribution in [0.4, 0.5) is 11.4 Å². The molecule has 2 heterocycles. The quantitative estimate of drug-likeness (QED) is 0.912. The number of nitrogens with one attached hydrogen (secondary N) is 1. The third-order valence-electron chi connectivity index (χ3n) is 4.48. The molecule has 1 atom stereocenters. The molecule has 0 fully saturated rings. The first-order valence-electron chi connectivity index (χ1n) is 7.70. The van der Waals surface area contributed by atoms with Crippen molar-refractivity contribution in [2.45, 2.75) is 25.9 Å². The number of nitrogens with zero attached hydrogens (tertiary/aromatic N) is 1. The van der Waals surface area contributed by atoms with Crippen molar-refractivity contribution in [2.75, 3.05) is 23.4 Å². The van der Waals surface area contributed by atoms with Gasteiger partial charge in [0.1, 0.15) is 11.4 Å². The summed E-state index contributed by atoms with van der Waals surface area (Å²) in [6, 6.07) is 15.7. The Kier molecular flexibility index (Phi) is 2.99. The van der Waals surface area contributed by atoms with Crippen LogP contribution in [0.3, 0.4) is 0 Å². The van der Waals surface area contributed by atoms with Crippen LogP contribution < -0.4 is 15.0 Å². The van der Waals surface area contributed by atoms with Gasteiger partial charge >= 0.3 is 0 Å². The number of para-hydroxylation sites is 1. The van der Waals surface area contributed by atoms with Crippen LogP contribution in [0, 0.1) is 0 Å². The molecule has 0 saturated carbocycles. The smallest absolute Gasteiger partial charge is 0.144 e. The summed E-state index contributed by atoms with van der Waals surface area (Å²) in [6.07, 6.45) is 1.11. The maximum absolute atomic E-state index is 5.76. The summed E-state index contributed by atoms with van der Waals surface area (Å²) in [5.74, 6) is 0.965. The fourth-order valence-electron chi connectivity index (χ4n) is 3.48. The predicted molar refractivity (Wildman–Crippen MR) is 86.2 cm³/mol. The minimum absolute atomic E-state index is 0.532. The van der Waals surface area contributed by atoms with E-state index in [-0.39, 0.29) is 0 Å². The third-order valence-corrected chi connectivity index (χ3v) is 4.48. The molecule has 0 bridgehead atoms. The van der Waals surface area contributed by atoms with Gasteiger partial charge in [0.2, 0.25) is 0 Å². The molecule has 2 aromatic rings. The Morgan fingerprint density at radius 1 is 1.14 bits per heavy atom. The molecule has 2 aliphatic rings. The van der Waals surface area contributed by atoms with Crippen molar-refractivity contribution < 1.29 is 4.74 Å². The van der Waals surface area contributed by atoms with E-state index < -0.39 is 0 Å². The van der Waals surface area contributed by atoms with E-state index in [0.717, 1.165) is 30.9 Å². The van der Waals surface area contributed by atoms with Gasteiger partial charge in [0.05, 0.1) is 18.3 Å². The minimum Gasteiger partial charge on any atom is -0.492 e. The van der Waals surface area contributed by atoms with Gasteiger partial charge in [-0.25, -0.2) is 0 Å². The van der Waals surface area contributed by atoms with Crippen LogP contribution in [0.5, 0.6) is 5.75 Å². The van der Waals surface area contributed by atoms with Crippen LogP contribution in [-0.4, -0.2) is 19.2 Å². The minimum atomic E-state index is 0.532. The van der Waals surface area contributed by atoms with E-state index >= 15 is 0 Å². The number of hydrogen-bond acceptors (Lipinski definition) is 3. The van der Waals surface area contributed by atoms with Gasteiger partial charge in [-0.05, 0) is 36.6 Å². The largest absolute Gasteiger partial charge is 0.492 e. The van der Waals surface area contributed by atoms with Crippen molar-refractivity contribution in [3.8, 4) is 5.75 Å². The second kappa shape index (κ2) is 4.99. The molecule has 108 valence electrons. The summed E-state index contributed by atoms with van der Waals surface area (Å²) >= 11 is 0. The highest BCUT2D eigenvalue weighted by Gasteiger charge is 2.31. The molecule has 0 amide bonds. The highest BCUT2D eigenvalue weighted by molar-refractivity contribution is 5.79. The van der Waals surface area contributed by atoms with E-state index in [1.54, 1.807) is 0 Å². The zero-order valence-corrected chi connectivity index (χ0v) is 12.3. The second-order valence-corrected chi connectivity index (χ2v) is 5.72. The number of anilines is 2. The number of fused-ring (bicyclic) bond motifs is 4. The van der Waals surface area contributed by atoms with Crippen molar-refractivity contribution >= 4 is 11.4 Å². The average Bonchev–Trinajstić information content (AvgIpc) is 2.53. The van der Waals surface area contributed by atoms with Crippen molar-refractivity contribution in [3.05, 3.63) is 53.6 Å². The Balaban J connectivity index is 1.74. The Hall–Kier alpha value is -2.16. The monoisotopic (exact) mass is 280 g/mol. The SMILES string of the molecule is CCOc1cccc2c1NCC1Cc3ccccc3CN21. The number of hydrogen-bond donors (Lipinski definition) is 1. The highest BCUT2D eigenvalue weighted by Crippen LogP contribution is 2.41. The molecule has 2 aliphatic heterocycles. The molecule has 1 N–H and O–H groups in total. The first-order chi connectivity index (χ1) is 10.4. The molecule has 0 aromatic heterocycles. The Labute approximate surface area is 125 Å². The highest BCUT2D eigenvalue weighted by atomic mass is 16.5. The lowest BCUT2D eigenvalue weighted by molar-refractivity contribution is 0.341. The summed E-state index contributed by atoms with van der Waals surface area (Å²) in [5, 5.41) is 3.58. The summed E-state index contributed by atoms with van der Waals surface area (Å²) < 4.78 is 5.76. The average molecular weight is 280 g/mol. The van der Waals surface area contributed by atoms with Gasteiger partial charge in [-0.1, -0.05) is 30.3 Å². The van der Waals surface area contributed by atoms with Crippen molar-refractivity contribution in [1.29, 1.82) is 0 Å². The summed E-state index contributed by atoms with van der Waals surface area (Å²) in [6.45, 7) is 4.70. The lowest BCUT2D eigenvalue weighted by Gasteiger charge is -2.43. The van der Waals surface area contributed by atoms with E-state index in [0.29, 0.717) is 12.6 Å². The van der Waals surface area contributed by atoms with Crippen LogP contribution >= 0.6 is 0 Å². The molecule has 0 spiro atoms. The lowest BCUT2D eigenvalue weighted by atomic mass is 9.91. The molecular formula is C18H20N2O. The summed E-state index contributed by atoms with van der Waals surface area (Å²) in [4.78, 5) is 2.52. The van der Waals surface area contributed by atoms with Crippen LogP contribution in [-0.2, 0) is 13.0 Å². The first kappa shape index (κ1) is 12.6. The first-order valence-corrected chi connectivity index (χ1v) is 7.70. The maximum atomic E-state index is 5.76. The molecule has 3 nitrogen and oxygen atoms in total. The molecule has 0 aliphatic carbocycles. The molecule has 0 radical (unpaired) electrons. The predicted octanol–water partition coefficient (Wildman–Crippen LogP) is 3.44.